The second kappa shape index (κ2) is 13.7. The summed E-state index contributed by atoms with van der Waals surface area (Å²) in [7, 11) is 0. The van der Waals surface area contributed by atoms with Crippen LogP contribution in [0.15, 0.2) is 61.2 Å². The molecule has 2 aromatic carbocycles. The van der Waals surface area contributed by atoms with Crippen LogP contribution in [0.3, 0.4) is 0 Å². The smallest absolute Gasteiger partial charge is 0.254 e. The van der Waals surface area contributed by atoms with Crippen LogP contribution < -0.4 is 21.5 Å². The Morgan fingerprint density at radius 2 is 1.92 bits per heavy atom. The SMILES string of the molecule is CC(C)(F)C(N)=O.Cl.Cl.NCCn1ccc2ncnc(Nc3ccc(Oc4cccc5sncc45)c(Cl)c3)c21. The lowest BCUT2D eigenvalue weighted by Gasteiger charge is -2.12. The van der Waals surface area contributed by atoms with E-state index < -0.39 is 11.6 Å². The van der Waals surface area contributed by atoms with Gasteiger partial charge in [0.15, 0.2) is 11.5 Å². The summed E-state index contributed by atoms with van der Waals surface area (Å²) in [5.41, 5.74) is 11.0. The topological polar surface area (TPSA) is 134 Å². The Bertz CT molecular complexity index is 1560. The van der Waals surface area contributed by atoms with Crippen molar-refractivity contribution in [2.75, 3.05) is 11.9 Å². The zero-order chi connectivity index (χ0) is 26.6. The number of nitrogens with zero attached hydrogens (tertiary/aromatic N) is 4. The number of aromatic nitrogens is 4. The second-order valence-electron chi connectivity index (χ2n) is 8.46. The van der Waals surface area contributed by atoms with Crippen molar-refractivity contribution >= 4 is 86.5 Å². The molecule has 14 heteroatoms. The molecule has 0 aliphatic heterocycles. The molecule has 0 radical (unpaired) electrons. The summed E-state index contributed by atoms with van der Waals surface area (Å²) < 4.78 is 25.4. The minimum Gasteiger partial charge on any atom is -0.455 e. The van der Waals surface area contributed by atoms with Crippen molar-refractivity contribution in [1.82, 2.24) is 18.9 Å². The Hall–Kier alpha value is -3.22. The molecule has 3 aromatic heterocycles. The highest BCUT2D eigenvalue weighted by Gasteiger charge is 2.22. The number of amides is 1. The highest BCUT2D eigenvalue weighted by atomic mass is 35.5. The molecule has 39 heavy (non-hydrogen) atoms. The van der Waals surface area contributed by atoms with Gasteiger partial charge in [0, 0.05) is 25.0 Å². The molecular weight excluding hydrogens is 588 g/mol. The van der Waals surface area contributed by atoms with Gasteiger partial charge in [0.1, 0.15) is 23.3 Å². The largest absolute Gasteiger partial charge is 0.455 e. The maximum Gasteiger partial charge on any atom is 0.254 e. The number of alkyl halides is 1. The van der Waals surface area contributed by atoms with Gasteiger partial charge >= 0.3 is 0 Å². The number of fused-ring (bicyclic) bond motifs is 2. The third-order valence-electron chi connectivity index (χ3n) is 5.28. The quantitative estimate of drug-likeness (QED) is 0.197. The molecule has 0 saturated carbocycles. The van der Waals surface area contributed by atoms with Crippen LogP contribution in [0.1, 0.15) is 13.8 Å². The van der Waals surface area contributed by atoms with Gasteiger partial charge < -0.3 is 26.1 Å². The van der Waals surface area contributed by atoms with Gasteiger partial charge in [-0.1, -0.05) is 17.7 Å². The molecule has 0 bridgehead atoms. The van der Waals surface area contributed by atoms with Gasteiger partial charge in [-0.05, 0) is 61.8 Å². The van der Waals surface area contributed by atoms with E-state index in [4.69, 9.17) is 22.1 Å². The van der Waals surface area contributed by atoms with E-state index in [0.29, 0.717) is 29.7 Å². The number of nitrogens with one attached hydrogen (secondary N) is 1. The monoisotopic (exact) mass is 613 g/mol. The number of carbonyl (C=O) groups is 1. The molecule has 208 valence electrons. The number of benzene rings is 2. The number of primary amides is 1. The van der Waals surface area contributed by atoms with Gasteiger partial charge in [-0.3, -0.25) is 4.79 Å². The van der Waals surface area contributed by atoms with Crippen LogP contribution in [0.2, 0.25) is 5.02 Å². The third-order valence-corrected chi connectivity index (χ3v) is 6.34. The van der Waals surface area contributed by atoms with Gasteiger partial charge in [-0.25, -0.2) is 14.4 Å². The molecule has 1 amide bonds. The average Bonchev–Trinajstić information content (AvgIpc) is 3.49. The van der Waals surface area contributed by atoms with Crippen LogP contribution in [0.25, 0.3) is 21.1 Å². The van der Waals surface area contributed by atoms with Crippen LogP contribution in [0.4, 0.5) is 15.9 Å². The molecule has 0 saturated heterocycles. The van der Waals surface area contributed by atoms with Gasteiger partial charge in [0.2, 0.25) is 0 Å². The summed E-state index contributed by atoms with van der Waals surface area (Å²) in [5.74, 6) is 1.06. The van der Waals surface area contributed by atoms with Gasteiger partial charge in [0.05, 0.1) is 26.8 Å². The Morgan fingerprint density at radius 1 is 1.18 bits per heavy atom. The van der Waals surface area contributed by atoms with Crippen LogP contribution in [0, 0.1) is 0 Å². The van der Waals surface area contributed by atoms with Crippen molar-refractivity contribution in [3.63, 3.8) is 0 Å². The van der Waals surface area contributed by atoms with Crippen LogP contribution in [-0.2, 0) is 11.3 Å². The predicted octanol–water partition coefficient (Wildman–Crippen LogP) is 6.25. The lowest BCUT2D eigenvalue weighted by molar-refractivity contribution is -0.127. The summed E-state index contributed by atoms with van der Waals surface area (Å²) in [6.07, 6.45) is 5.29. The zero-order valence-corrected chi connectivity index (χ0v) is 24.1. The summed E-state index contributed by atoms with van der Waals surface area (Å²) in [6, 6.07) is 13.4. The average molecular weight is 615 g/mol. The fourth-order valence-electron chi connectivity index (χ4n) is 3.32. The first-order valence-electron chi connectivity index (χ1n) is 11.2. The molecule has 5 aromatic rings. The summed E-state index contributed by atoms with van der Waals surface area (Å²) >= 11 is 7.95. The Morgan fingerprint density at radius 3 is 2.59 bits per heavy atom. The van der Waals surface area contributed by atoms with E-state index in [1.54, 1.807) is 6.20 Å². The minimum absolute atomic E-state index is 0. The number of ether oxygens (including phenoxy) is 1. The summed E-state index contributed by atoms with van der Waals surface area (Å²) in [5, 5.41) is 4.78. The van der Waals surface area contributed by atoms with E-state index in [1.165, 1.54) is 17.9 Å². The standard InChI is InChI=1S/C21H17ClN6OS.C4H8FNO.2ClH/c22-15-10-13(27-21-20-16(24-12-25-21)6-8-28(20)9-7-23)4-5-18(15)29-17-2-1-3-19-14(17)11-26-30-19;1-4(2,5)3(6)7;;/h1-6,8,10-12H,7,9,23H2,(H,24,25,27);1-2H3,(H2,6,7);2*1H. The fraction of sp³-hybridized carbons (Fsp3) is 0.200. The molecule has 3 heterocycles. The zero-order valence-electron chi connectivity index (χ0n) is 20.9. The van der Waals surface area contributed by atoms with Gasteiger partial charge in [-0.15, -0.1) is 24.8 Å². The molecule has 5 N–H and O–H groups in total. The van der Waals surface area contributed by atoms with Crippen molar-refractivity contribution in [3.8, 4) is 11.5 Å². The predicted molar refractivity (Wildman–Crippen MR) is 160 cm³/mol. The van der Waals surface area contributed by atoms with E-state index in [-0.39, 0.29) is 24.8 Å². The van der Waals surface area contributed by atoms with E-state index >= 15 is 0 Å². The molecule has 0 aliphatic rings. The highest BCUT2D eigenvalue weighted by molar-refractivity contribution is 7.13. The number of anilines is 2. The summed E-state index contributed by atoms with van der Waals surface area (Å²) in [4.78, 5) is 18.6. The number of hydrogen-bond acceptors (Lipinski definition) is 8. The lowest BCUT2D eigenvalue weighted by atomic mass is 10.2. The normalized spacial score (nSPS) is 10.7. The first kappa shape index (κ1) is 32.0. The molecular formula is C25H27Cl3FN7O2S. The van der Waals surface area contributed by atoms with Crippen LogP contribution >= 0.6 is 47.9 Å². The molecule has 0 spiro atoms. The van der Waals surface area contributed by atoms with Crippen molar-refractivity contribution < 1.29 is 13.9 Å². The number of halogens is 4. The number of nitrogens with two attached hydrogens (primary N) is 2. The Labute approximate surface area is 245 Å². The van der Waals surface area contributed by atoms with Crippen LogP contribution in [-0.4, -0.2) is 37.0 Å². The van der Waals surface area contributed by atoms with E-state index in [1.807, 2.05) is 53.2 Å². The maximum atomic E-state index is 12.0. The molecule has 0 atom stereocenters. The fourth-order valence-corrected chi connectivity index (χ4v) is 4.20. The van der Waals surface area contributed by atoms with Crippen molar-refractivity contribution in [3.05, 3.63) is 66.2 Å². The van der Waals surface area contributed by atoms with Gasteiger partial charge in [-0.2, -0.15) is 4.37 Å². The van der Waals surface area contributed by atoms with Gasteiger partial charge in [0.25, 0.3) is 5.91 Å². The number of rotatable bonds is 7. The third kappa shape index (κ3) is 7.68. The Balaban J connectivity index is 0.000000529. The van der Waals surface area contributed by atoms with E-state index in [2.05, 4.69) is 25.4 Å². The number of carbonyl (C=O) groups excluding carboxylic acids is 1. The second-order valence-corrected chi connectivity index (χ2v) is 9.70. The van der Waals surface area contributed by atoms with E-state index in [0.717, 1.165) is 46.4 Å². The summed E-state index contributed by atoms with van der Waals surface area (Å²) in [6.45, 7) is 3.45. The van der Waals surface area contributed by atoms with E-state index in [9.17, 15) is 9.18 Å². The highest BCUT2D eigenvalue weighted by Crippen LogP contribution is 2.36. The number of hydrogen-bond donors (Lipinski definition) is 3. The first-order chi connectivity index (χ1) is 17.7. The molecule has 0 aliphatic carbocycles. The van der Waals surface area contributed by atoms with Crippen molar-refractivity contribution in [2.24, 2.45) is 11.5 Å². The molecule has 0 fully saturated rings. The molecule has 9 nitrogen and oxygen atoms in total. The molecule has 5 rings (SSSR count). The maximum absolute atomic E-state index is 12.0. The molecule has 0 unspecified atom stereocenters. The van der Waals surface area contributed by atoms with Crippen molar-refractivity contribution in [2.45, 2.75) is 26.1 Å². The Kier molecular flexibility index (Phi) is 11.3. The minimum atomic E-state index is -1.86. The lowest BCUT2D eigenvalue weighted by Crippen LogP contribution is -2.33. The van der Waals surface area contributed by atoms with Crippen molar-refractivity contribution in [1.29, 1.82) is 0 Å². The first-order valence-corrected chi connectivity index (χ1v) is 12.4. The van der Waals surface area contributed by atoms with Crippen LogP contribution in [0.5, 0.6) is 11.5 Å².